The summed E-state index contributed by atoms with van der Waals surface area (Å²) in [5.74, 6) is 0.272. The molecule has 0 amide bonds. The van der Waals surface area contributed by atoms with E-state index in [4.69, 9.17) is 4.74 Å². The Labute approximate surface area is 133 Å². The van der Waals surface area contributed by atoms with E-state index in [-0.39, 0.29) is 11.4 Å². The lowest BCUT2D eigenvalue weighted by Gasteiger charge is -2.18. The molecule has 2 aromatic carbocycles. The van der Waals surface area contributed by atoms with Crippen LogP contribution in [0.2, 0.25) is 0 Å². The van der Waals surface area contributed by atoms with Crippen molar-refractivity contribution < 1.29 is 9.53 Å². The van der Waals surface area contributed by atoms with Gasteiger partial charge in [0.2, 0.25) is 0 Å². The van der Waals surface area contributed by atoms with Gasteiger partial charge in [0.25, 0.3) is 0 Å². The molecule has 116 valence electrons. The molecule has 0 aromatic heterocycles. The minimum atomic E-state index is -0.316. The van der Waals surface area contributed by atoms with Crippen LogP contribution in [0.1, 0.15) is 55.6 Å². The van der Waals surface area contributed by atoms with Gasteiger partial charge in [-0.25, -0.2) is 4.79 Å². The highest BCUT2D eigenvalue weighted by Gasteiger charge is 2.15. The summed E-state index contributed by atoms with van der Waals surface area (Å²) in [6, 6.07) is 15.4. The Hall–Kier alpha value is -2.09. The highest BCUT2D eigenvalue weighted by Crippen LogP contribution is 2.22. The van der Waals surface area contributed by atoms with Crippen molar-refractivity contribution in [2.75, 3.05) is 0 Å². The molecule has 0 aliphatic rings. The first-order chi connectivity index (χ1) is 10.4. The zero-order valence-corrected chi connectivity index (χ0v) is 13.8. The predicted octanol–water partition coefficient (Wildman–Crippen LogP) is 5.16. The second-order valence-corrected chi connectivity index (χ2v) is 6.61. The van der Waals surface area contributed by atoms with Crippen LogP contribution in [0.15, 0.2) is 48.5 Å². The Kier molecular flexibility index (Phi) is 5.02. The van der Waals surface area contributed by atoms with Crippen LogP contribution in [0.5, 0.6) is 5.75 Å². The topological polar surface area (TPSA) is 26.3 Å². The molecular weight excluding hydrogens is 272 g/mol. The van der Waals surface area contributed by atoms with Crippen molar-refractivity contribution in [2.24, 2.45) is 0 Å². The summed E-state index contributed by atoms with van der Waals surface area (Å²) in [4.78, 5) is 12.2. The lowest BCUT2D eigenvalue weighted by molar-refractivity contribution is 0.0734. The quantitative estimate of drug-likeness (QED) is 0.575. The number of carbonyl (C=O) groups excluding carboxylic acids is 1. The molecule has 0 aliphatic heterocycles. The lowest BCUT2D eigenvalue weighted by Crippen LogP contribution is -2.12. The van der Waals surface area contributed by atoms with E-state index >= 15 is 0 Å². The fourth-order valence-electron chi connectivity index (χ4n) is 2.29. The van der Waals surface area contributed by atoms with Crippen LogP contribution in [0, 0.1) is 0 Å². The van der Waals surface area contributed by atoms with Gasteiger partial charge in [-0.1, -0.05) is 58.4 Å². The zero-order chi connectivity index (χ0) is 16.2. The standard InChI is InChI=1S/C20H24O2/c1-5-6-15-7-13-18(14-8-15)22-19(21)16-9-11-17(12-10-16)20(2,3)4/h7-14H,5-6H2,1-4H3. The van der Waals surface area contributed by atoms with E-state index in [0.29, 0.717) is 11.3 Å². The fraction of sp³-hybridized carbons (Fsp3) is 0.350. The maximum atomic E-state index is 12.2. The molecule has 2 rings (SSSR count). The lowest BCUT2D eigenvalue weighted by atomic mass is 9.87. The van der Waals surface area contributed by atoms with Crippen molar-refractivity contribution in [2.45, 2.75) is 46.0 Å². The minimum Gasteiger partial charge on any atom is -0.423 e. The molecular formula is C20H24O2. The smallest absolute Gasteiger partial charge is 0.343 e. The highest BCUT2D eigenvalue weighted by atomic mass is 16.5. The van der Waals surface area contributed by atoms with Gasteiger partial charge in [-0.3, -0.25) is 0 Å². The van der Waals surface area contributed by atoms with Crippen molar-refractivity contribution in [3.63, 3.8) is 0 Å². The number of esters is 1. The summed E-state index contributed by atoms with van der Waals surface area (Å²) in [6.07, 6.45) is 2.15. The number of benzene rings is 2. The van der Waals surface area contributed by atoms with Crippen molar-refractivity contribution in [3.05, 3.63) is 65.2 Å². The molecule has 2 aromatic rings. The summed E-state index contributed by atoms with van der Waals surface area (Å²) < 4.78 is 5.42. The largest absolute Gasteiger partial charge is 0.423 e. The molecule has 0 fully saturated rings. The zero-order valence-electron chi connectivity index (χ0n) is 13.8. The molecule has 0 aliphatic carbocycles. The molecule has 2 heteroatoms. The molecule has 22 heavy (non-hydrogen) atoms. The van der Waals surface area contributed by atoms with Crippen molar-refractivity contribution in [3.8, 4) is 5.75 Å². The Morgan fingerprint density at radius 2 is 1.55 bits per heavy atom. The van der Waals surface area contributed by atoms with E-state index in [1.54, 1.807) is 0 Å². The summed E-state index contributed by atoms with van der Waals surface area (Å²) in [7, 11) is 0. The molecule has 0 radical (unpaired) electrons. The second kappa shape index (κ2) is 6.78. The highest BCUT2D eigenvalue weighted by molar-refractivity contribution is 5.91. The SMILES string of the molecule is CCCc1ccc(OC(=O)c2ccc(C(C)(C)C)cc2)cc1. The molecule has 0 atom stereocenters. The number of hydrogen-bond acceptors (Lipinski definition) is 2. The van der Waals surface area contributed by atoms with Crippen molar-refractivity contribution in [1.29, 1.82) is 0 Å². The third kappa shape index (κ3) is 4.20. The van der Waals surface area contributed by atoms with Crippen molar-refractivity contribution in [1.82, 2.24) is 0 Å². The molecule has 0 N–H and O–H groups in total. The number of hydrogen-bond donors (Lipinski definition) is 0. The third-order valence-corrected chi connectivity index (χ3v) is 3.66. The van der Waals surface area contributed by atoms with Gasteiger partial charge < -0.3 is 4.74 Å². The van der Waals surface area contributed by atoms with Crippen LogP contribution < -0.4 is 4.74 Å². The fourth-order valence-corrected chi connectivity index (χ4v) is 2.29. The molecule has 0 unspecified atom stereocenters. The molecule has 2 nitrogen and oxygen atoms in total. The number of aryl methyl sites for hydroxylation is 1. The van der Waals surface area contributed by atoms with E-state index in [2.05, 4.69) is 27.7 Å². The van der Waals surface area contributed by atoms with E-state index in [1.165, 1.54) is 11.1 Å². The normalized spacial score (nSPS) is 11.3. The van der Waals surface area contributed by atoms with Crippen LogP contribution in [0.4, 0.5) is 0 Å². The van der Waals surface area contributed by atoms with Gasteiger partial charge >= 0.3 is 5.97 Å². The summed E-state index contributed by atoms with van der Waals surface area (Å²) in [5.41, 5.74) is 3.12. The van der Waals surface area contributed by atoms with Gasteiger partial charge in [0, 0.05) is 0 Å². The first-order valence-corrected chi connectivity index (χ1v) is 7.82. The van der Waals surface area contributed by atoms with E-state index in [9.17, 15) is 4.79 Å². The average molecular weight is 296 g/mol. The van der Waals surface area contributed by atoms with Crippen molar-refractivity contribution >= 4 is 5.97 Å². The third-order valence-electron chi connectivity index (χ3n) is 3.66. The monoisotopic (exact) mass is 296 g/mol. The molecule has 0 heterocycles. The Bertz CT molecular complexity index is 616. The van der Waals surface area contributed by atoms with Gasteiger partial charge in [-0.2, -0.15) is 0 Å². The van der Waals surface area contributed by atoms with Crippen LogP contribution in [0.25, 0.3) is 0 Å². The van der Waals surface area contributed by atoms with Gasteiger partial charge in [0.15, 0.2) is 0 Å². The Morgan fingerprint density at radius 3 is 2.05 bits per heavy atom. The molecule has 0 spiro atoms. The Balaban J connectivity index is 2.05. The summed E-state index contributed by atoms with van der Waals surface area (Å²) in [5, 5.41) is 0. The maximum absolute atomic E-state index is 12.2. The second-order valence-electron chi connectivity index (χ2n) is 6.61. The molecule has 0 saturated carbocycles. The van der Waals surface area contributed by atoms with E-state index in [0.717, 1.165) is 12.8 Å². The van der Waals surface area contributed by atoms with E-state index in [1.807, 2.05) is 48.5 Å². The van der Waals surface area contributed by atoms with Gasteiger partial charge in [0.1, 0.15) is 5.75 Å². The summed E-state index contributed by atoms with van der Waals surface area (Å²) >= 11 is 0. The molecule has 0 bridgehead atoms. The first kappa shape index (κ1) is 16.3. The number of rotatable bonds is 4. The number of ether oxygens (including phenoxy) is 1. The number of carbonyl (C=O) groups is 1. The Morgan fingerprint density at radius 1 is 0.955 bits per heavy atom. The van der Waals surface area contributed by atoms with Gasteiger partial charge in [-0.05, 0) is 47.2 Å². The van der Waals surface area contributed by atoms with Gasteiger partial charge in [0.05, 0.1) is 5.56 Å². The minimum absolute atomic E-state index is 0.0809. The average Bonchev–Trinajstić information content (AvgIpc) is 2.49. The first-order valence-electron chi connectivity index (χ1n) is 7.82. The summed E-state index contributed by atoms with van der Waals surface area (Å²) in [6.45, 7) is 8.60. The van der Waals surface area contributed by atoms with Gasteiger partial charge in [-0.15, -0.1) is 0 Å². The van der Waals surface area contributed by atoms with Crippen LogP contribution in [-0.2, 0) is 11.8 Å². The maximum Gasteiger partial charge on any atom is 0.343 e. The van der Waals surface area contributed by atoms with Crippen LogP contribution >= 0.6 is 0 Å². The predicted molar refractivity (Wildman–Crippen MR) is 90.5 cm³/mol. The molecule has 0 saturated heterocycles. The van der Waals surface area contributed by atoms with E-state index < -0.39 is 0 Å². The van der Waals surface area contributed by atoms with Crippen LogP contribution in [-0.4, -0.2) is 5.97 Å². The van der Waals surface area contributed by atoms with Crippen LogP contribution in [0.3, 0.4) is 0 Å².